The first kappa shape index (κ1) is 17.3. The molecule has 0 spiro atoms. The lowest BCUT2D eigenvalue weighted by molar-refractivity contribution is 0.401. The number of rotatable bonds is 8. The molecule has 0 aliphatic rings. The van der Waals surface area contributed by atoms with Crippen molar-refractivity contribution < 1.29 is 0 Å². The summed E-state index contributed by atoms with van der Waals surface area (Å²) in [5, 5.41) is 4.24. The van der Waals surface area contributed by atoms with Crippen LogP contribution in [0.4, 0.5) is 5.69 Å². The number of halogens is 1. The Morgan fingerprint density at radius 1 is 1.20 bits per heavy atom. The number of nitrogens with zero attached hydrogens (tertiary/aromatic N) is 2. The molecule has 0 saturated heterocycles. The summed E-state index contributed by atoms with van der Waals surface area (Å²) in [7, 11) is 6.33. The average molecular weight is 298 g/mol. The zero-order chi connectivity index (χ0) is 15.1. The van der Waals surface area contributed by atoms with Gasteiger partial charge in [0.05, 0.1) is 0 Å². The Morgan fingerprint density at radius 2 is 1.90 bits per heavy atom. The Balaban J connectivity index is 2.66. The van der Waals surface area contributed by atoms with Crippen molar-refractivity contribution in [1.29, 1.82) is 0 Å². The van der Waals surface area contributed by atoms with Gasteiger partial charge in [0.1, 0.15) is 0 Å². The topological polar surface area (TPSA) is 18.5 Å². The van der Waals surface area contributed by atoms with Crippen LogP contribution in [0, 0.1) is 0 Å². The molecule has 3 nitrogen and oxygen atoms in total. The van der Waals surface area contributed by atoms with Crippen LogP contribution < -0.4 is 10.2 Å². The molecule has 0 bridgehead atoms. The molecule has 1 unspecified atom stereocenters. The molecule has 1 N–H and O–H groups in total. The second kappa shape index (κ2) is 8.50. The third-order valence-corrected chi connectivity index (χ3v) is 3.83. The SMILES string of the molecule is CCNC(C)c1ccc(N(C)CCCN(C)C)cc1Cl. The molecular formula is C16H28ClN3. The molecule has 0 radical (unpaired) electrons. The third-order valence-electron chi connectivity index (χ3n) is 3.50. The van der Waals surface area contributed by atoms with E-state index in [0.717, 1.165) is 31.1 Å². The van der Waals surface area contributed by atoms with E-state index < -0.39 is 0 Å². The molecule has 0 heterocycles. The zero-order valence-electron chi connectivity index (χ0n) is 13.4. The van der Waals surface area contributed by atoms with Crippen LogP contribution >= 0.6 is 11.6 Å². The summed E-state index contributed by atoms with van der Waals surface area (Å²) in [4.78, 5) is 4.47. The van der Waals surface area contributed by atoms with Gasteiger partial charge >= 0.3 is 0 Å². The first-order chi connectivity index (χ1) is 9.45. The standard InChI is InChI=1S/C16H28ClN3/c1-6-18-13(2)15-9-8-14(12-16(15)17)20(5)11-7-10-19(3)4/h8-9,12-13,18H,6-7,10-11H2,1-5H3. The Hall–Kier alpha value is -0.770. The van der Waals surface area contributed by atoms with Crippen molar-refractivity contribution in [3.63, 3.8) is 0 Å². The molecule has 0 fully saturated rings. The second-order valence-corrected chi connectivity index (χ2v) is 5.97. The van der Waals surface area contributed by atoms with Crippen LogP contribution in [0.15, 0.2) is 18.2 Å². The van der Waals surface area contributed by atoms with E-state index in [0.29, 0.717) is 6.04 Å². The van der Waals surface area contributed by atoms with Gasteiger partial charge in [-0.25, -0.2) is 0 Å². The van der Waals surface area contributed by atoms with Crippen molar-refractivity contribution >= 4 is 17.3 Å². The fourth-order valence-electron chi connectivity index (χ4n) is 2.27. The Morgan fingerprint density at radius 3 is 2.45 bits per heavy atom. The van der Waals surface area contributed by atoms with E-state index in [4.69, 9.17) is 11.6 Å². The molecule has 0 amide bonds. The zero-order valence-corrected chi connectivity index (χ0v) is 14.2. The minimum atomic E-state index is 0.292. The lowest BCUT2D eigenvalue weighted by Gasteiger charge is -2.22. The molecule has 1 aromatic rings. The van der Waals surface area contributed by atoms with Crippen molar-refractivity contribution in [1.82, 2.24) is 10.2 Å². The van der Waals surface area contributed by atoms with Gasteiger partial charge in [0.25, 0.3) is 0 Å². The number of anilines is 1. The quantitative estimate of drug-likeness (QED) is 0.793. The van der Waals surface area contributed by atoms with Gasteiger partial charge < -0.3 is 15.1 Å². The Bertz CT molecular complexity index is 407. The fourth-order valence-corrected chi connectivity index (χ4v) is 2.61. The molecule has 1 rings (SSSR count). The highest BCUT2D eigenvalue weighted by molar-refractivity contribution is 6.31. The maximum Gasteiger partial charge on any atom is 0.0474 e. The van der Waals surface area contributed by atoms with E-state index >= 15 is 0 Å². The lowest BCUT2D eigenvalue weighted by atomic mass is 10.1. The number of nitrogens with one attached hydrogen (secondary N) is 1. The van der Waals surface area contributed by atoms with Gasteiger partial charge in [-0.05, 0) is 58.2 Å². The Kier molecular flexibility index (Phi) is 7.35. The van der Waals surface area contributed by atoms with Gasteiger partial charge in [0, 0.05) is 30.3 Å². The first-order valence-corrected chi connectivity index (χ1v) is 7.72. The number of hydrogen-bond acceptors (Lipinski definition) is 3. The molecule has 0 aliphatic heterocycles. The summed E-state index contributed by atoms with van der Waals surface area (Å²) < 4.78 is 0. The highest BCUT2D eigenvalue weighted by Crippen LogP contribution is 2.27. The summed E-state index contributed by atoms with van der Waals surface area (Å²) >= 11 is 6.41. The second-order valence-electron chi connectivity index (χ2n) is 5.56. The minimum Gasteiger partial charge on any atom is -0.375 e. The average Bonchev–Trinajstić information content (AvgIpc) is 2.38. The van der Waals surface area contributed by atoms with E-state index in [1.165, 1.54) is 11.3 Å². The van der Waals surface area contributed by atoms with Gasteiger partial charge in [0.2, 0.25) is 0 Å². The van der Waals surface area contributed by atoms with E-state index in [1.807, 2.05) is 0 Å². The molecule has 1 aromatic carbocycles. The van der Waals surface area contributed by atoms with E-state index in [9.17, 15) is 0 Å². The van der Waals surface area contributed by atoms with Crippen LogP contribution in [0.3, 0.4) is 0 Å². The first-order valence-electron chi connectivity index (χ1n) is 7.34. The third kappa shape index (κ3) is 5.31. The monoisotopic (exact) mass is 297 g/mol. The molecule has 0 saturated carbocycles. The minimum absolute atomic E-state index is 0.292. The van der Waals surface area contributed by atoms with Crippen LogP contribution in [0.5, 0.6) is 0 Å². The highest BCUT2D eigenvalue weighted by atomic mass is 35.5. The highest BCUT2D eigenvalue weighted by Gasteiger charge is 2.10. The largest absolute Gasteiger partial charge is 0.375 e. The van der Waals surface area contributed by atoms with Crippen LogP contribution in [-0.4, -0.2) is 45.7 Å². The fraction of sp³-hybridized carbons (Fsp3) is 0.625. The molecule has 114 valence electrons. The molecule has 20 heavy (non-hydrogen) atoms. The van der Waals surface area contributed by atoms with Gasteiger partial charge in [-0.1, -0.05) is 24.6 Å². The summed E-state index contributed by atoms with van der Waals surface area (Å²) in [6, 6.07) is 6.65. The predicted molar refractivity (Wildman–Crippen MR) is 90.0 cm³/mol. The van der Waals surface area contributed by atoms with Gasteiger partial charge in [-0.3, -0.25) is 0 Å². The summed E-state index contributed by atoms with van der Waals surface area (Å²) in [5.41, 5.74) is 2.35. The lowest BCUT2D eigenvalue weighted by Crippen LogP contribution is -2.23. The van der Waals surface area contributed by atoms with Crippen LogP contribution in [0.25, 0.3) is 0 Å². The van der Waals surface area contributed by atoms with Gasteiger partial charge in [-0.2, -0.15) is 0 Å². The van der Waals surface area contributed by atoms with Crippen LogP contribution in [-0.2, 0) is 0 Å². The molecular weight excluding hydrogens is 270 g/mol. The maximum atomic E-state index is 6.41. The summed E-state index contributed by atoms with van der Waals surface area (Å²) in [6.07, 6.45) is 1.15. The van der Waals surface area contributed by atoms with Crippen molar-refractivity contribution in [2.75, 3.05) is 45.7 Å². The Labute approximate surface area is 128 Å². The normalized spacial score (nSPS) is 12.8. The molecule has 0 aromatic heterocycles. The molecule has 1 atom stereocenters. The van der Waals surface area contributed by atoms with Crippen LogP contribution in [0.2, 0.25) is 5.02 Å². The van der Waals surface area contributed by atoms with Crippen molar-refractivity contribution in [2.45, 2.75) is 26.3 Å². The van der Waals surface area contributed by atoms with Crippen molar-refractivity contribution in [2.24, 2.45) is 0 Å². The van der Waals surface area contributed by atoms with E-state index in [-0.39, 0.29) is 0 Å². The van der Waals surface area contributed by atoms with Crippen LogP contribution in [0.1, 0.15) is 31.9 Å². The number of benzene rings is 1. The van der Waals surface area contributed by atoms with E-state index in [1.54, 1.807) is 0 Å². The van der Waals surface area contributed by atoms with Gasteiger partial charge in [-0.15, -0.1) is 0 Å². The maximum absolute atomic E-state index is 6.41. The van der Waals surface area contributed by atoms with Crippen molar-refractivity contribution in [3.8, 4) is 0 Å². The van der Waals surface area contributed by atoms with Gasteiger partial charge in [0.15, 0.2) is 0 Å². The van der Waals surface area contributed by atoms with E-state index in [2.05, 4.69) is 68.3 Å². The summed E-state index contributed by atoms with van der Waals surface area (Å²) in [6.45, 7) is 7.34. The predicted octanol–water partition coefficient (Wildman–Crippen LogP) is 3.40. The summed E-state index contributed by atoms with van der Waals surface area (Å²) in [5.74, 6) is 0. The molecule has 0 aliphatic carbocycles. The smallest absolute Gasteiger partial charge is 0.0474 e. The van der Waals surface area contributed by atoms with Crippen molar-refractivity contribution in [3.05, 3.63) is 28.8 Å². The number of hydrogen-bond donors (Lipinski definition) is 1. The molecule has 4 heteroatoms.